The van der Waals surface area contributed by atoms with Crippen molar-refractivity contribution < 1.29 is 9.47 Å². The van der Waals surface area contributed by atoms with Crippen molar-refractivity contribution in [2.45, 2.75) is 31.7 Å². The van der Waals surface area contributed by atoms with E-state index in [1.165, 1.54) is 0 Å². The Labute approximate surface area is 84.9 Å². The van der Waals surface area contributed by atoms with Gasteiger partial charge in [0.2, 0.25) is 0 Å². The summed E-state index contributed by atoms with van der Waals surface area (Å²) in [5.74, 6) is 0. The van der Waals surface area contributed by atoms with Crippen molar-refractivity contribution in [1.29, 1.82) is 0 Å². The van der Waals surface area contributed by atoms with Crippen molar-refractivity contribution in [2.24, 2.45) is 0 Å². The highest BCUT2D eigenvalue weighted by Gasteiger charge is 2.35. The largest absolute Gasteiger partial charge is 0.371 e. The van der Waals surface area contributed by atoms with E-state index in [1.54, 1.807) is 0 Å². The van der Waals surface area contributed by atoms with Crippen molar-refractivity contribution >= 4 is 0 Å². The van der Waals surface area contributed by atoms with Crippen molar-refractivity contribution in [3.8, 4) is 0 Å². The molecule has 0 unspecified atom stereocenters. The molecule has 0 radical (unpaired) electrons. The summed E-state index contributed by atoms with van der Waals surface area (Å²) in [6.07, 6.45) is 5.08. The van der Waals surface area contributed by atoms with E-state index in [0.29, 0.717) is 6.61 Å². The third-order valence-corrected chi connectivity index (χ3v) is 2.73. The van der Waals surface area contributed by atoms with E-state index in [-0.39, 0.29) is 18.3 Å². The quantitative estimate of drug-likeness (QED) is 0.625. The Balaban J connectivity index is 2.19. The van der Waals surface area contributed by atoms with Gasteiger partial charge >= 0.3 is 0 Å². The second kappa shape index (κ2) is 3.71. The summed E-state index contributed by atoms with van der Waals surface area (Å²) in [6, 6.07) is 0. The SMILES string of the molecule is C=C1C[C@H]2O[C@H](C=CC2=C)[C@@H]1OCC. The predicted octanol–water partition coefficient (Wildman–Crippen LogP) is 2.23. The molecule has 0 aromatic rings. The van der Waals surface area contributed by atoms with Crippen molar-refractivity contribution in [1.82, 2.24) is 0 Å². The van der Waals surface area contributed by atoms with Crippen LogP contribution in [0.15, 0.2) is 36.5 Å². The highest BCUT2D eigenvalue weighted by atomic mass is 16.5. The summed E-state index contributed by atoms with van der Waals surface area (Å²) in [5.41, 5.74) is 2.16. The van der Waals surface area contributed by atoms with Crippen molar-refractivity contribution in [2.75, 3.05) is 6.61 Å². The fourth-order valence-corrected chi connectivity index (χ4v) is 1.98. The van der Waals surface area contributed by atoms with Crippen LogP contribution >= 0.6 is 0 Å². The molecule has 1 fully saturated rings. The van der Waals surface area contributed by atoms with Crippen LogP contribution in [0.3, 0.4) is 0 Å². The molecule has 0 aromatic heterocycles. The summed E-state index contributed by atoms with van der Waals surface area (Å²) in [6.45, 7) is 10.7. The maximum absolute atomic E-state index is 5.80. The van der Waals surface area contributed by atoms with Crippen LogP contribution in [0, 0.1) is 0 Å². The van der Waals surface area contributed by atoms with Crippen LogP contribution in [0.5, 0.6) is 0 Å². The average molecular weight is 192 g/mol. The molecule has 0 saturated carbocycles. The summed E-state index contributed by atoms with van der Waals surface area (Å²) < 4.78 is 11.4. The summed E-state index contributed by atoms with van der Waals surface area (Å²) in [5, 5.41) is 0. The van der Waals surface area contributed by atoms with E-state index in [0.717, 1.165) is 17.6 Å². The minimum Gasteiger partial charge on any atom is -0.371 e. The molecule has 76 valence electrons. The lowest BCUT2D eigenvalue weighted by Gasteiger charge is -2.39. The first-order chi connectivity index (χ1) is 6.72. The van der Waals surface area contributed by atoms with Gasteiger partial charge in [-0.3, -0.25) is 0 Å². The van der Waals surface area contributed by atoms with E-state index in [2.05, 4.69) is 13.2 Å². The Morgan fingerprint density at radius 3 is 3.07 bits per heavy atom. The van der Waals surface area contributed by atoms with Crippen molar-refractivity contribution in [3.63, 3.8) is 0 Å². The van der Waals surface area contributed by atoms with Gasteiger partial charge in [0.15, 0.2) is 0 Å². The Morgan fingerprint density at radius 1 is 1.57 bits per heavy atom. The Kier molecular flexibility index (Phi) is 2.57. The summed E-state index contributed by atoms with van der Waals surface area (Å²) in [7, 11) is 0. The van der Waals surface area contributed by atoms with Crippen LogP contribution < -0.4 is 0 Å². The Morgan fingerprint density at radius 2 is 2.36 bits per heavy atom. The van der Waals surface area contributed by atoms with Crippen molar-refractivity contribution in [3.05, 3.63) is 36.5 Å². The van der Waals surface area contributed by atoms with E-state index in [9.17, 15) is 0 Å². The fourth-order valence-electron chi connectivity index (χ4n) is 1.98. The molecule has 0 aromatic carbocycles. The molecule has 2 aliphatic heterocycles. The van der Waals surface area contributed by atoms with Gasteiger partial charge in [0, 0.05) is 13.0 Å². The zero-order chi connectivity index (χ0) is 10.1. The lowest BCUT2D eigenvalue weighted by Crippen LogP contribution is -2.43. The number of hydrogen-bond acceptors (Lipinski definition) is 2. The van der Waals surface area contributed by atoms with Gasteiger partial charge < -0.3 is 9.47 Å². The predicted molar refractivity (Wildman–Crippen MR) is 56.1 cm³/mol. The minimum atomic E-state index is 0.0283. The monoisotopic (exact) mass is 192 g/mol. The summed E-state index contributed by atoms with van der Waals surface area (Å²) in [4.78, 5) is 0. The Bertz CT molecular complexity index is 291. The highest BCUT2D eigenvalue weighted by Crippen LogP contribution is 2.33. The Hall–Kier alpha value is -0.860. The van der Waals surface area contributed by atoms with E-state index in [4.69, 9.17) is 9.47 Å². The molecular weight excluding hydrogens is 176 g/mol. The molecule has 2 rings (SSSR count). The fraction of sp³-hybridized carbons (Fsp3) is 0.500. The van der Waals surface area contributed by atoms with Crippen LogP contribution in [0.1, 0.15) is 13.3 Å². The van der Waals surface area contributed by atoms with Crippen LogP contribution in [0.4, 0.5) is 0 Å². The van der Waals surface area contributed by atoms with Gasteiger partial charge in [-0.05, 0) is 18.1 Å². The summed E-state index contributed by atoms with van der Waals surface area (Å²) >= 11 is 0. The first kappa shape index (κ1) is 9.69. The smallest absolute Gasteiger partial charge is 0.108 e. The molecular formula is C12H16O2. The van der Waals surface area contributed by atoms with Gasteiger partial charge in [0.1, 0.15) is 12.2 Å². The van der Waals surface area contributed by atoms with Crippen LogP contribution in [-0.4, -0.2) is 24.9 Å². The van der Waals surface area contributed by atoms with Gasteiger partial charge in [0.05, 0.1) is 6.10 Å². The zero-order valence-electron chi connectivity index (χ0n) is 8.53. The molecule has 3 atom stereocenters. The molecule has 0 N–H and O–H groups in total. The molecule has 1 saturated heterocycles. The molecule has 0 spiro atoms. The number of hydrogen-bond donors (Lipinski definition) is 0. The first-order valence-corrected chi connectivity index (χ1v) is 5.04. The average Bonchev–Trinajstić information content (AvgIpc) is 2.17. The van der Waals surface area contributed by atoms with E-state index >= 15 is 0 Å². The van der Waals surface area contributed by atoms with E-state index in [1.807, 2.05) is 19.1 Å². The number of ether oxygens (including phenoxy) is 2. The van der Waals surface area contributed by atoms with Gasteiger partial charge in [-0.25, -0.2) is 0 Å². The van der Waals surface area contributed by atoms with Gasteiger partial charge in [-0.15, -0.1) is 0 Å². The third kappa shape index (κ3) is 1.56. The topological polar surface area (TPSA) is 18.5 Å². The molecule has 0 amide bonds. The molecule has 2 aliphatic rings. The molecule has 2 bridgehead atoms. The standard InChI is InChI=1S/C12H16O2/c1-4-13-12-9(3)7-11-8(2)5-6-10(12)14-11/h5-6,10-12H,2-4,7H2,1H3/t10-,11-,12-/m1/s1. The lowest BCUT2D eigenvalue weighted by molar-refractivity contribution is -0.0811. The molecule has 14 heavy (non-hydrogen) atoms. The third-order valence-electron chi connectivity index (χ3n) is 2.73. The molecule has 2 nitrogen and oxygen atoms in total. The second-order valence-corrected chi connectivity index (χ2v) is 3.76. The number of rotatable bonds is 2. The first-order valence-electron chi connectivity index (χ1n) is 5.04. The number of fused-ring (bicyclic) bond motifs is 2. The minimum absolute atomic E-state index is 0.0283. The van der Waals surface area contributed by atoms with Gasteiger partial charge in [-0.2, -0.15) is 0 Å². The second-order valence-electron chi connectivity index (χ2n) is 3.76. The maximum atomic E-state index is 5.80. The van der Waals surface area contributed by atoms with Crippen LogP contribution in [0.25, 0.3) is 0 Å². The van der Waals surface area contributed by atoms with E-state index < -0.39 is 0 Å². The van der Waals surface area contributed by atoms with Crippen LogP contribution in [0.2, 0.25) is 0 Å². The highest BCUT2D eigenvalue weighted by molar-refractivity contribution is 5.31. The van der Waals surface area contributed by atoms with Crippen LogP contribution in [-0.2, 0) is 9.47 Å². The lowest BCUT2D eigenvalue weighted by atomic mass is 9.89. The van der Waals surface area contributed by atoms with Gasteiger partial charge in [0.25, 0.3) is 0 Å². The maximum Gasteiger partial charge on any atom is 0.108 e. The van der Waals surface area contributed by atoms with Gasteiger partial charge in [-0.1, -0.05) is 25.3 Å². The normalized spacial score (nSPS) is 36.2. The molecule has 2 heteroatoms. The molecule has 2 heterocycles. The zero-order valence-corrected chi connectivity index (χ0v) is 8.53. The molecule has 0 aliphatic carbocycles.